The first-order valence-corrected chi connectivity index (χ1v) is 14.7. The van der Waals surface area contributed by atoms with Crippen LogP contribution in [-0.2, 0) is 0 Å². The molecule has 43 heavy (non-hydrogen) atoms. The van der Waals surface area contributed by atoms with Crippen LogP contribution in [0.2, 0.25) is 0 Å². The molecule has 1 aliphatic heterocycles. The molecule has 8 rings (SSSR count). The Bertz CT molecular complexity index is 2070. The van der Waals surface area contributed by atoms with Gasteiger partial charge in [-0.2, -0.15) is 0 Å². The summed E-state index contributed by atoms with van der Waals surface area (Å²) in [5.41, 5.74) is 11.4. The van der Waals surface area contributed by atoms with Crippen LogP contribution in [0.25, 0.3) is 44.3 Å². The molecular weight excluding hydrogens is 522 g/mol. The number of nitrogens with zero attached hydrogens (tertiary/aromatic N) is 2. The Morgan fingerprint density at radius 2 is 0.977 bits per heavy atom. The second kappa shape index (κ2) is 10.6. The largest absolute Gasteiger partial charge is 0.360 e. The molecule has 7 aromatic rings. The molecule has 0 bridgehead atoms. The third kappa shape index (κ3) is 4.61. The smallest absolute Gasteiger partial charge is 0.145 e. The average molecular weight is 552 g/mol. The molecule has 1 N–H and O–H groups in total. The van der Waals surface area contributed by atoms with Crippen molar-refractivity contribution in [2.75, 3.05) is 0 Å². The predicted octanol–water partition coefficient (Wildman–Crippen LogP) is 9.58. The van der Waals surface area contributed by atoms with Gasteiger partial charge in [-0.3, -0.25) is 4.99 Å². The number of nitrogens with one attached hydrogen (secondary N) is 1. The number of fused-ring (bicyclic) bond motifs is 3. The molecule has 204 valence electrons. The van der Waals surface area contributed by atoms with Crippen molar-refractivity contribution in [1.29, 1.82) is 0 Å². The van der Waals surface area contributed by atoms with Crippen LogP contribution in [0.15, 0.2) is 169 Å². The molecule has 1 aliphatic rings. The Morgan fingerprint density at radius 3 is 1.58 bits per heavy atom. The van der Waals surface area contributed by atoms with Crippen LogP contribution in [0, 0.1) is 0 Å². The first kappa shape index (κ1) is 25.1. The van der Waals surface area contributed by atoms with Gasteiger partial charge in [-0.1, -0.05) is 133 Å². The fourth-order valence-electron chi connectivity index (χ4n) is 6.10. The summed E-state index contributed by atoms with van der Waals surface area (Å²) in [5, 5.41) is 6.22. The molecule has 6 aromatic carbocycles. The quantitative estimate of drug-likeness (QED) is 0.227. The molecule has 0 fully saturated rings. The molecule has 0 saturated heterocycles. The minimum Gasteiger partial charge on any atom is -0.360 e. The summed E-state index contributed by atoms with van der Waals surface area (Å²) in [4.78, 5) is 5.12. The maximum Gasteiger partial charge on any atom is 0.145 e. The van der Waals surface area contributed by atoms with Crippen molar-refractivity contribution in [3.8, 4) is 16.8 Å². The normalized spacial score (nSPS) is 14.7. The summed E-state index contributed by atoms with van der Waals surface area (Å²) >= 11 is 0. The van der Waals surface area contributed by atoms with E-state index in [0.29, 0.717) is 0 Å². The van der Waals surface area contributed by atoms with Gasteiger partial charge in [-0.05, 0) is 58.2 Å². The van der Waals surface area contributed by atoms with E-state index in [1.807, 2.05) is 12.1 Å². The number of hydrogen-bond donors (Lipinski definition) is 1. The van der Waals surface area contributed by atoms with Crippen LogP contribution in [-0.4, -0.2) is 10.3 Å². The van der Waals surface area contributed by atoms with Gasteiger partial charge in [0.25, 0.3) is 0 Å². The van der Waals surface area contributed by atoms with Gasteiger partial charge in [0.15, 0.2) is 0 Å². The van der Waals surface area contributed by atoms with Gasteiger partial charge in [-0.15, -0.1) is 0 Å². The zero-order valence-corrected chi connectivity index (χ0v) is 23.6. The number of aliphatic imine (C=N–C) groups is 1. The Kier molecular flexibility index (Phi) is 6.20. The SMILES string of the molecule is C1=C(c2ccccc2)NC(c2ccc(-c3ccc(-n4c5ccccc5c5ccccc54)cc3)cc2)N=C1c1ccccc1. The van der Waals surface area contributed by atoms with E-state index < -0.39 is 0 Å². The summed E-state index contributed by atoms with van der Waals surface area (Å²) in [5.74, 6) is 0. The number of allylic oxidation sites excluding steroid dienone is 1. The molecule has 0 spiro atoms. The molecule has 2 heterocycles. The van der Waals surface area contributed by atoms with Gasteiger partial charge in [-0.25, -0.2) is 0 Å². The molecule has 1 atom stereocenters. The van der Waals surface area contributed by atoms with Gasteiger partial charge in [0, 0.05) is 22.2 Å². The van der Waals surface area contributed by atoms with E-state index in [2.05, 4.69) is 162 Å². The lowest BCUT2D eigenvalue weighted by atomic mass is 10.00. The molecule has 1 unspecified atom stereocenters. The Balaban J connectivity index is 1.11. The van der Waals surface area contributed by atoms with E-state index >= 15 is 0 Å². The Labute approximate surface area is 251 Å². The lowest BCUT2D eigenvalue weighted by Crippen LogP contribution is -2.24. The Morgan fingerprint density at radius 1 is 0.465 bits per heavy atom. The number of benzene rings is 6. The number of para-hydroxylation sites is 2. The second-order valence-electron chi connectivity index (χ2n) is 10.9. The first-order valence-electron chi connectivity index (χ1n) is 14.7. The molecule has 0 amide bonds. The highest BCUT2D eigenvalue weighted by Gasteiger charge is 2.19. The van der Waals surface area contributed by atoms with E-state index in [9.17, 15) is 0 Å². The highest BCUT2D eigenvalue weighted by Crippen LogP contribution is 2.33. The minimum absolute atomic E-state index is 0.179. The predicted molar refractivity (Wildman–Crippen MR) is 179 cm³/mol. The first-order chi connectivity index (χ1) is 21.3. The summed E-state index contributed by atoms with van der Waals surface area (Å²) in [6, 6.07) is 55.8. The lowest BCUT2D eigenvalue weighted by molar-refractivity contribution is 0.664. The standard InChI is InChI=1S/C40H29N3/c1-3-11-30(12-4-1)36-27-37(31-13-5-2-6-14-31)42-40(41-36)32-21-19-28(20-22-32)29-23-25-33(26-24-29)43-38-17-9-7-15-34(38)35-16-8-10-18-39(35)43/h1-27,40-41H. The molecule has 0 saturated carbocycles. The van der Waals surface area contributed by atoms with Crippen molar-refractivity contribution in [3.63, 3.8) is 0 Å². The molecule has 3 heteroatoms. The van der Waals surface area contributed by atoms with E-state index in [4.69, 9.17) is 4.99 Å². The van der Waals surface area contributed by atoms with Gasteiger partial charge < -0.3 is 9.88 Å². The summed E-state index contributed by atoms with van der Waals surface area (Å²) in [6.45, 7) is 0. The van der Waals surface area contributed by atoms with Crippen molar-refractivity contribution >= 4 is 33.2 Å². The van der Waals surface area contributed by atoms with E-state index in [1.165, 1.54) is 32.9 Å². The van der Waals surface area contributed by atoms with Crippen LogP contribution in [0.3, 0.4) is 0 Å². The minimum atomic E-state index is -0.179. The third-order valence-electron chi connectivity index (χ3n) is 8.26. The molecule has 1 aromatic heterocycles. The van der Waals surface area contributed by atoms with Crippen LogP contribution in [0.4, 0.5) is 0 Å². The molecular formula is C40H29N3. The molecule has 0 radical (unpaired) electrons. The van der Waals surface area contributed by atoms with Crippen LogP contribution in [0.5, 0.6) is 0 Å². The van der Waals surface area contributed by atoms with E-state index in [0.717, 1.165) is 33.8 Å². The summed E-state index contributed by atoms with van der Waals surface area (Å²) < 4.78 is 2.35. The Hall–Kier alpha value is -5.67. The van der Waals surface area contributed by atoms with Gasteiger partial charge in [0.05, 0.1) is 16.7 Å². The van der Waals surface area contributed by atoms with Gasteiger partial charge in [0.2, 0.25) is 0 Å². The second-order valence-corrected chi connectivity index (χ2v) is 10.9. The van der Waals surface area contributed by atoms with Crippen molar-refractivity contribution in [3.05, 3.63) is 180 Å². The van der Waals surface area contributed by atoms with Crippen molar-refractivity contribution in [1.82, 2.24) is 9.88 Å². The number of aromatic nitrogens is 1. The average Bonchev–Trinajstić information content (AvgIpc) is 3.43. The fraction of sp³-hybridized carbons (Fsp3) is 0.0250. The monoisotopic (exact) mass is 551 g/mol. The maximum atomic E-state index is 5.12. The summed E-state index contributed by atoms with van der Waals surface area (Å²) in [6.07, 6.45) is 1.97. The highest BCUT2D eigenvalue weighted by atomic mass is 15.1. The topological polar surface area (TPSA) is 29.3 Å². The summed E-state index contributed by atoms with van der Waals surface area (Å²) in [7, 11) is 0. The molecule has 3 nitrogen and oxygen atoms in total. The van der Waals surface area contributed by atoms with Gasteiger partial charge in [0.1, 0.15) is 6.17 Å². The fourth-order valence-corrected chi connectivity index (χ4v) is 6.10. The van der Waals surface area contributed by atoms with E-state index in [-0.39, 0.29) is 6.17 Å². The zero-order chi connectivity index (χ0) is 28.6. The number of rotatable bonds is 5. The van der Waals surface area contributed by atoms with Crippen LogP contribution >= 0.6 is 0 Å². The van der Waals surface area contributed by atoms with Crippen molar-refractivity contribution in [2.24, 2.45) is 4.99 Å². The van der Waals surface area contributed by atoms with E-state index in [1.54, 1.807) is 0 Å². The highest BCUT2D eigenvalue weighted by molar-refractivity contribution is 6.13. The lowest BCUT2D eigenvalue weighted by Gasteiger charge is -2.25. The van der Waals surface area contributed by atoms with Crippen molar-refractivity contribution < 1.29 is 0 Å². The van der Waals surface area contributed by atoms with Crippen molar-refractivity contribution in [2.45, 2.75) is 6.17 Å². The van der Waals surface area contributed by atoms with Crippen LogP contribution in [0.1, 0.15) is 22.9 Å². The van der Waals surface area contributed by atoms with Gasteiger partial charge >= 0.3 is 0 Å². The third-order valence-corrected chi connectivity index (χ3v) is 8.26. The number of hydrogen-bond acceptors (Lipinski definition) is 2. The van der Waals surface area contributed by atoms with Crippen LogP contribution < -0.4 is 5.32 Å². The molecule has 0 aliphatic carbocycles. The zero-order valence-electron chi connectivity index (χ0n) is 23.6. The maximum absolute atomic E-state index is 5.12.